The maximum Gasteiger partial charge on any atom is 0.289 e. The Morgan fingerprint density at radius 1 is 1.25 bits per heavy atom. The van der Waals surface area contributed by atoms with Gasteiger partial charge in [0, 0.05) is 37.0 Å². The van der Waals surface area contributed by atoms with Crippen LogP contribution in [0.5, 0.6) is 0 Å². The number of aromatic nitrogens is 3. The zero-order chi connectivity index (χ0) is 16.7. The number of carbonyl (C=O) groups excluding carboxylic acids is 1. The molecule has 0 unspecified atom stereocenters. The fraction of sp³-hybridized carbons (Fsp3) is 0.389. The number of piperidine rings is 1. The molecule has 1 saturated heterocycles. The summed E-state index contributed by atoms with van der Waals surface area (Å²) in [5, 5.41) is 9.16. The van der Waals surface area contributed by atoms with Crippen LogP contribution in [0.3, 0.4) is 0 Å². The monoisotopic (exact) mass is 324 g/mol. The summed E-state index contributed by atoms with van der Waals surface area (Å²) in [6, 6.07) is 7.78. The van der Waals surface area contributed by atoms with Gasteiger partial charge in [-0.05, 0) is 25.8 Å². The van der Waals surface area contributed by atoms with Crippen molar-refractivity contribution in [2.45, 2.75) is 25.7 Å². The van der Waals surface area contributed by atoms with Crippen LogP contribution in [0.4, 0.5) is 0 Å². The minimum atomic E-state index is -0.0138. The third-order valence-electron chi connectivity index (χ3n) is 4.93. The van der Waals surface area contributed by atoms with E-state index in [0.717, 1.165) is 35.2 Å². The summed E-state index contributed by atoms with van der Waals surface area (Å²) in [6.45, 7) is 3.38. The molecule has 3 heterocycles. The van der Waals surface area contributed by atoms with Crippen molar-refractivity contribution in [2.75, 3.05) is 13.1 Å². The third-order valence-corrected chi connectivity index (χ3v) is 4.93. The molecule has 1 fully saturated rings. The van der Waals surface area contributed by atoms with Gasteiger partial charge in [0.15, 0.2) is 5.76 Å². The van der Waals surface area contributed by atoms with Crippen LogP contribution in [-0.2, 0) is 7.05 Å². The van der Waals surface area contributed by atoms with E-state index < -0.39 is 0 Å². The molecule has 2 aromatic heterocycles. The highest BCUT2D eigenvalue weighted by atomic mass is 16.3. The standard InChI is InChI=1S/C18H20N4O2/c1-12-14-5-3-4-6-15(14)24-16(12)18(23)22-9-7-13(8-10-22)17-20-19-11-21(17)2/h3-6,11,13H,7-10H2,1-2H3. The number of furan rings is 1. The van der Waals surface area contributed by atoms with E-state index in [1.54, 1.807) is 6.33 Å². The predicted molar refractivity (Wildman–Crippen MR) is 89.8 cm³/mol. The van der Waals surface area contributed by atoms with Crippen LogP contribution in [0.15, 0.2) is 35.0 Å². The van der Waals surface area contributed by atoms with Gasteiger partial charge < -0.3 is 13.9 Å². The smallest absolute Gasteiger partial charge is 0.289 e. The molecule has 0 bridgehead atoms. The first-order valence-corrected chi connectivity index (χ1v) is 8.26. The first-order chi connectivity index (χ1) is 11.6. The summed E-state index contributed by atoms with van der Waals surface area (Å²) in [5.74, 6) is 1.81. The quantitative estimate of drug-likeness (QED) is 0.727. The molecule has 0 atom stereocenters. The number of para-hydroxylation sites is 1. The molecule has 1 aromatic carbocycles. The van der Waals surface area contributed by atoms with Gasteiger partial charge in [0.1, 0.15) is 17.7 Å². The molecule has 6 nitrogen and oxygen atoms in total. The Hall–Kier alpha value is -2.63. The normalized spacial score (nSPS) is 16.0. The van der Waals surface area contributed by atoms with Crippen molar-refractivity contribution >= 4 is 16.9 Å². The van der Waals surface area contributed by atoms with E-state index in [2.05, 4.69) is 10.2 Å². The van der Waals surface area contributed by atoms with E-state index in [1.807, 2.05) is 47.7 Å². The average molecular weight is 324 g/mol. The molecule has 0 spiro atoms. The van der Waals surface area contributed by atoms with Gasteiger partial charge in [0.2, 0.25) is 0 Å². The fourth-order valence-electron chi connectivity index (χ4n) is 3.52. The van der Waals surface area contributed by atoms with E-state index in [9.17, 15) is 4.79 Å². The topological polar surface area (TPSA) is 64.2 Å². The van der Waals surface area contributed by atoms with Crippen molar-refractivity contribution in [3.8, 4) is 0 Å². The van der Waals surface area contributed by atoms with Gasteiger partial charge in [-0.2, -0.15) is 0 Å². The fourth-order valence-corrected chi connectivity index (χ4v) is 3.52. The highest BCUT2D eigenvalue weighted by Gasteiger charge is 2.29. The first-order valence-electron chi connectivity index (χ1n) is 8.26. The third kappa shape index (κ3) is 2.38. The minimum absolute atomic E-state index is 0.0138. The van der Waals surface area contributed by atoms with Crippen LogP contribution in [0.25, 0.3) is 11.0 Å². The molecule has 1 aliphatic rings. The van der Waals surface area contributed by atoms with Gasteiger partial charge >= 0.3 is 0 Å². The summed E-state index contributed by atoms with van der Waals surface area (Å²) in [7, 11) is 1.96. The molecule has 0 saturated carbocycles. The van der Waals surface area contributed by atoms with Gasteiger partial charge in [0.05, 0.1) is 0 Å². The zero-order valence-corrected chi connectivity index (χ0v) is 13.9. The van der Waals surface area contributed by atoms with Crippen molar-refractivity contribution in [2.24, 2.45) is 7.05 Å². The second-order valence-corrected chi connectivity index (χ2v) is 6.42. The number of rotatable bonds is 2. The Morgan fingerprint density at radius 3 is 2.67 bits per heavy atom. The number of hydrogen-bond acceptors (Lipinski definition) is 4. The number of carbonyl (C=O) groups is 1. The lowest BCUT2D eigenvalue weighted by Gasteiger charge is -2.31. The molecule has 6 heteroatoms. The molecule has 24 heavy (non-hydrogen) atoms. The van der Waals surface area contributed by atoms with Crippen molar-refractivity contribution in [1.29, 1.82) is 0 Å². The number of amides is 1. The van der Waals surface area contributed by atoms with Crippen LogP contribution in [0, 0.1) is 6.92 Å². The summed E-state index contributed by atoms with van der Waals surface area (Å²) in [5.41, 5.74) is 1.69. The van der Waals surface area contributed by atoms with E-state index >= 15 is 0 Å². The van der Waals surface area contributed by atoms with Gasteiger partial charge in [-0.1, -0.05) is 18.2 Å². The van der Waals surface area contributed by atoms with E-state index in [0.29, 0.717) is 24.8 Å². The molecule has 1 amide bonds. The lowest BCUT2D eigenvalue weighted by Crippen LogP contribution is -2.38. The SMILES string of the molecule is Cc1c(C(=O)N2CCC(c3nncn3C)CC2)oc2ccccc12. The Morgan fingerprint density at radius 2 is 2.00 bits per heavy atom. The van der Waals surface area contributed by atoms with Crippen LogP contribution in [-0.4, -0.2) is 38.7 Å². The van der Waals surface area contributed by atoms with Gasteiger partial charge in [-0.15, -0.1) is 10.2 Å². The second-order valence-electron chi connectivity index (χ2n) is 6.42. The molecule has 3 aromatic rings. The van der Waals surface area contributed by atoms with E-state index in [-0.39, 0.29) is 5.91 Å². The van der Waals surface area contributed by atoms with Crippen molar-refractivity contribution in [3.05, 3.63) is 47.7 Å². The van der Waals surface area contributed by atoms with E-state index in [1.165, 1.54) is 0 Å². The summed E-state index contributed by atoms with van der Waals surface area (Å²) >= 11 is 0. The molecule has 124 valence electrons. The van der Waals surface area contributed by atoms with Crippen LogP contribution >= 0.6 is 0 Å². The highest BCUT2D eigenvalue weighted by molar-refractivity contribution is 5.98. The zero-order valence-electron chi connectivity index (χ0n) is 13.9. The molecule has 4 rings (SSSR count). The Balaban J connectivity index is 1.52. The van der Waals surface area contributed by atoms with Gasteiger partial charge in [-0.3, -0.25) is 4.79 Å². The summed E-state index contributed by atoms with van der Waals surface area (Å²) < 4.78 is 7.78. The lowest BCUT2D eigenvalue weighted by atomic mass is 9.95. The summed E-state index contributed by atoms with van der Waals surface area (Å²) in [6.07, 6.45) is 3.53. The number of aryl methyl sites for hydroxylation is 2. The van der Waals surface area contributed by atoms with E-state index in [4.69, 9.17) is 4.42 Å². The minimum Gasteiger partial charge on any atom is -0.451 e. The predicted octanol–water partition coefficient (Wildman–Crippen LogP) is 2.89. The number of hydrogen-bond donors (Lipinski definition) is 0. The van der Waals surface area contributed by atoms with Crippen molar-refractivity contribution in [1.82, 2.24) is 19.7 Å². The molecule has 0 aliphatic carbocycles. The first kappa shape index (κ1) is 14.9. The Labute approximate surface area is 140 Å². The number of fused-ring (bicyclic) bond motifs is 1. The van der Waals surface area contributed by atoms with Crippen LogP contribution < -0.4 is 0 Å². The average Bonchev–Trinajstić information content (AvgIpc) is 3.18. The molecular formula is C18H20N4O2. The molecular weight excluding hydrogens is 304 g/mol. The van der Waals surface area contributed by atoms with Gasteiger partial charge in [-0.25, -0.2) is 0 Å². The Kier molecular flexibility index (Phi) is 3.59. The largest absolute Gasteiger partial charge is 0.451 e. The molecule has 0 N–H and O–H groups in total. The van der Waals surface area contributed by atoms with Crippen molar-refractivity contribution < 1.29 is 9.21 Å². The van der Waals surface area contributed by atoms with Gasteiger partial charge in [0.25, 0.3) is 5.91 Å². The van der Waals surface area contributed by atoms with Crippen LogP contribution in [0.2, 0.25) is 0 Å². The number of likely N-dealkylation sites (tertiary alicyclic amines) is 1. The number of nitrogens with zero attached hydrogens (tertiary/aromatic N) is 4. The van der Waals surface area contributed by atoms with Crippen LogP contribution in [0.1, 0.15) is 40.7 Å². The molecule has 1 aliphatic heterocycles. The second kappa shape index (κ2) is 5.78. The maximum absolute atomic E-state index is 12.8. The lowest BCUT2D eigenvalue weighted by molar-refractivity contribution is 0.0679. The molecule has 0 radical (unpaired) electrons. The highest BCUT2D eigenvalue weighted by Crippen LogP contribution is 2.30. The Bertz CT molecular complexity index is 887. The number of benzene rings is 1. The summed E-state index contributed by atoms with van der Waals surface area (Å²) in [4.78, 5) is 14.7. The van der Waals surface area contributed by atoms with Crippen molar-refractivity contribution in [3.63, 3.8) is 0 Å². The maximum atomic E-state index is 12.8.